The lowest BCUT2D eigenvalue weighted by Crippen LogP contribution is -2.59. The average molecular weight is 571 g/mol. The summed E-state index contributed by atoms with van der Waals surface area (Å²) in [6.07, 6.45) is -9.12. The first-order valence-corrected chi connectivity index (χ1v) is 12.7. The summed E-state index contributed by atoms with van der Waals surface area (Å²) >= 11 is 0. The van der Waals surface area contributed by atoms with E-state index in [2.05, 4.69) is 0 Å². The fraction of sp³-hybridized carbons (Fsp3) is 0.556. The van der Waals surface area contributed by atoms with Crippen LogP contribution in [0, 0.1) is 0 Å². The highest BCUT2D eigenvalue weighted by molar-refractivity contribution is 5.54. The number of aryl methyl sites for hydroxylation is 1. The number of hydrogen-bond acceptors (Lipinski definition) is 13. The van der Waals surface area contributed by atoms with Gasteiger partial charge in [0.15, 0.2) is 35.4 Å². The first kappa shape index (κ1) is 31.6. The van der Waals surface area contributed by atoms with Gasteiger partial charge < -0.3 is 64.2 Å². The van der Waals surface area contributed by atoms with Crippen LogP contribution in [0.3, 0.4) is 0 Å². The van der Waals surface area contributed by atoms with E-state index in [4.69, 9.17) is 28.4 Å². The van der Waals surface area contributed by atoms with Crippen molar-refractivity contribution in [2.45, 2.75) is 55.8 Å². The Labute approximate surface area is 231 Å². The standard InChI is InChI=1S/C27H38O13/c1-35-17-11-15(6-7-16(17)30)22(31)21(13-38-27-25(34)24(33)23(32)20(12-29)40-27)39-26-18(36-2)9-14(5-4-8-28)10-19(26)37-3/h6-7,9-11,20-25,27-34H,4-5,8,12-13H2,1-3H3/t20-,21-,22?,23-,24+,25-,27-/m1/s1. The van der Waals surface area contributed by atoms with Gasteiger partial charge in [-0.05, 0) is 48.2 Å². The SMILES string of the molecule is COc1cc(C(O)[C@@H](CO[C@@H]2O[C@H](CO)[C@@H](O)[C@H](O)[C@H]2O)Oc2c(OC)cc(CCCO)cc2OC)ccc1O. The zero-order chi connectivity index (χ0) is 29.4. The maximum Gasteiger partial charge on any atom is 0.204 e. The van der Waals surface area contributed by atoms with Crippen LogP contribution in [0.4, 0.5) is 0 Å². The molecule has 13 heteroatoms. The second kappa shape index (κ2) is 14.7. The lowest BCUT2D eigenvalue weighted by Gasteiger charge is -2.40. The molecule has 40 heavy (non-hydrogen) atoms. The van der Waals surface area contributed by atoms with E-state index in [-0.39, 0.29) is 40.9 Å². The topological polar surface area (TPSA) is 197 Å². The molecule has 0 radical (unpaired) electrons. The quantitative estimate of drug-likeness (QED) is 0.156. The number of phenols is 1. The third-order valence-corrected chi connectivity index (χ3v) is 6.58. The molecule has 1 aliphatic rings. The van der Waals surface area contributed by atoms with Crippen molar-refractivity contribution in [2.75, 3.05) is 41.2 Å². The fourth-order valence-corrected chi connectivity index (χ4v) is 4.31. The minimum Gasteiger partial charge on any atom is -0.504 e. The van der Waals surface area contributed by atoms with Gasteiger partial charge in [-0.15, -0.1) is 0 Å². The Morgan fingerprint density at radius 3 is 2.10 bits per heavy atom. The Morgan fingerprint density at radius 2 is 1.52 bits per heavy atom. The molecule has 1 saturated heterocycles. The Hall–Kier alpha value is -2.88. The molecule has 1 unspecified atom stereocenters. The molecule has 1 heterocycles. The maximum absolute atomic E-state index is 11.4. The number of rotatable bonds is 14. The van der Waals surface area contributed by atoms with Crippen LogP contribution in [0.2, 0.25) is 0 Å². The van der Waals surface area contributed by atoms with E-state index in [0.717, 1.165) is 5.56 Å². The molecular weight excluding hydrogens is 532 g/mol. The number of aliphatic hydroxyl groups is 6. The lowest BCUT2D eigenvalue weighted by atomic mass is 9.99. The van der Waals surface area contributed by atoms with Crippen LogP contribution in [0.25, 0.3) is 0 Å². The Kier molecular flexibility index (Phi) is 11.6. The Morgan fingerprint density at radius 1 is 0.875 bits per heavy atom. The van der Waals surface area contributed by atoms with Crippen molar-refractivity contribution in [3.05, 3.63) is 41.5 Å². The number of hydrogen-bond donors (Lipinski definition) is 7. The minimum absolute atomic E-state index is 0.00251. The maximum atomic E-state index is 11.4. The lowest BCUT2D eigenvalue weighted by molar-refractivity contribution is -0.305. The number of aromatic hydroxyl groups is 1. The molecule has 0 amide bonds. The molecule has 1 fully saturated rings. The van der Waals surface area contributed by atoms with Gasteiger partial charge in [0.1, 0.15) is 30.5 Å². The predicted molar refractivity (Wildman–Crippen MR) is 139 cm³/mol. The smallest absolute Gasteiger partial charge is 0.204 e. The van der Waals surface area contributed by atoms with Crippen LogP contribution in [0.15, 0.2) is 30.3 Å². The molecule has 1 aliphatic heterocycles. The van der Waals surface area contributed by atoms with Gasteiger partial charge in [-0.3, -0.25) is 0 Å². The molecule has 0 aromatic heterocycles. The molecule has 13 nitrogen and oxygen atoms in total. The van der Waals surface area contributed by atoms with Gasteiger partial charge in [0.2, 0.25) is 5.75 Å². The fourth-order valence-electron chi connectivity index (χ4n) is 4.31. The van der Waals surface area contributed by atoms with Crippen molar-refractivity contribution in [2.24, 2.45) is 0 Å². The van der Waals surface area contributed by atoms with Crippen LogP contribution in [0.1, 0.15) is 23.7 Å². The largest absolute Gasteiger partial charge is 0.504 e. The summed E-state index contributed by atoms with van der Waals surface area (Å²) in [5.74, 6) is 0.648. The van der Waals surface area contributed by atoms with Crippen molar-refractivity contribution in [3.63, 3.8) is 0 Å². The first-order chi connectivity index (χ1) is 19.2. The predicted octanol–water partition coefficient (Wildman–Crippen LogP) is -0.360. The van der Waals surface area contributed by atoms with Gasteiger partial charge in [0, 0.05) is 6.61 Å². The zero-order valence-corrected chi connectivity index (χ0v) is 22.5. The molecule has 0 saturated carbocycles. The van der Waals surface area contributed by atoms with E-state index in [1.54, 1.807) is 12.1 Å². The Balaban J connectivity index is 1.95. The number of methoxy groups -OCH3 is 3. The van der Waals surface area contributed by atoms with Crippen LogP contribution in [-0.4, -0.2) is 114 Å². The number of ether oxygens (including phenoxy) is 6. The van der Waals surface area contributed by atoms with E-state index in [9.17, 15) is 35.7 Å². The second-order valence-corrected chi connectivity index (χ2v) is 9.22. The van der Waals surface area contributed by atoms with Crippen LogP contribution in [0.5, 0.6) is 28.7 Å². The summed E-state index contributed by atoms with van der Waals surface area (Å²) in [7, 11) is 4.21. The number of phenolic OH excluding ortho intramolecular Hbond substituents is 1. The summed E-state index contributed by atoms with van der Waals surface area (Å²) < 4.78 is 33.5. The molecule has 0 bridgehead atoms. The molecule has 3 rings (SSSR count). The summed E-state index contributed by atoms with van der Waals surface area (Å²) in [6, 6.07) is 7.62. The number of aliphatic hydroxyl groups excluding tert-OH is 6. The second-order valence-electron chi connectivity index (χ2n) is 9.22. The van der Waals surface area contributed by atoms with E-state index in [1.165, 1.54) is 39.5 Å². The van der Waals surface area contributed by atoms with Gasteiger partial charge in [0.25, 0.3) is 0 Å². The molecule has 224 valence electrons. The molecule has 0 spiro atoms. The highest BCUT2D eigenvalue weighted by Gasteiger charge is 2.44. The van der Waals surface area contributed by atoms with E-state index >= 15 is 0 Å². The van der Waals surface area contributed by atoms with Gasteiger partial charge in [-0.25, -0.2) is 0 Å². The molecule has 2 aromatic rings. The Bertz CT molecular complexity index is 1050. The van der Waals surface area contributed by atoms with Crippen LogP contribution < -0.4 is 18.9 Å². The van der Waals surface area contributed by atoms with Crippen LogP contribution in [-0.2, 0) is 15.9 Å². The summed E-state index contributed by atoms with van der Waals surface area (Å²) in [5.41, 5.74) is 1.10. The molecule has 0 aliphatic carbocycles. The minimum atomic E-state index is -1.67. The van der Waals surface area contributed by atoms with Crippen LogP contribution >= 0.6 is 0 Å². The van der Waals surface area contributed by atoms with Gasteiger partial charge in [-0.1, -0.05) is 6.07 Å². The molecular formula is C27H38O13. The third-order valence-electron chi connectivity index (χ3n) is 6.58. The van der Waals surface area contributed by atoms with Gasteiger partial charge in [0.05, 0.1) is 34.5 Å². The van der Waals surface area contributed by atoms with Crippen molar-refractivity contribution in [1.29, 1.82) is 0 Å². The summed E-state index contributed by atoms with van der Waals surface area (Å²) in [5, 5.41) is 70.6. The van der Waals surface area contributed by atoms with E-state index in [1.807, 2.05) is 0 Å². The van der Waals surface area contributed by atoms with Gasteiger partial charge >= 0.3 is 0 Å². The first-order valence-electron chi connectivity index (χ1n) is 12.7. The van der Waals surface area contributed by atoms with E-state index in [0.29, 0.717) is 12.8 Å². The average Bonchev–Trinajstić information content (AvgIpc) is 2.97. The summed E-state index contributed by atoms with van der Waals surface area (Å²) in [6.45, 7) is -1.06. The highest BCUT2D eigenvalue weighted by Crippen LogP contribution is 2.41. The summed E-state index contributed by atoms with van der Waals surface area (Å²) in [4.78, 5) is 0. The monoisotopic (exact) mass is 570 g/mol. The third kappa shape index (κ3) is 7.25. The van der Waals surface area contributed by atoms with Crippen molar-refractivity contribution >= 4 is 0 Å². The molecule has 2 aromatic carbocycles. The van der Waals surface area contributed by atoms with Crippen molar-refractivity contribution in [3.8, 4) is 28.7 Å². The van der Waals surface area contributed by atoms with Crippen molar-refractivity contribution in [1.82, 2.24) is 0 Å². The van der Waals surface area contributed by atoms with Crippen molar-refractivity contribution < 1.29 is 64.2 Å². The van der Waals surface area contributed by atoms with Gasteiger partial charge in [-0.2, -0.15) is 0 Å². The van der Waals surface area contributed by atoms with E-state index < -0.39 is 56.1 Å². The highest BCUT2D eigenvalue weighted by atomic mass is 16.7. The zero-order valence-electron chi connectivity index (χ0n) is 22.5. The molecule has 7 N–H and O–H groups in total. The normalized spacial score (nSPS) is 24.3. The number of benzene rings is 2. The molecule has 7 atom stereocenters.